The molecule has 0 aliphatic carbocycles. The van der Waals surface area contributed by atoms with E-state index < -0.39 is 6.04 Å². The first kappa shape index (κ1) is 21.2. The Labute approximate surface area is 178 Å². The first-order valence-corrected chi connectivity index (χ1v) is 9.50. The summed E-state index contributed by atoms with van der Waals surface area (Å²) in [5.74, 6) is -0.0791. The second-order valence-corrected chi connectivity index (χ2v) is 6.78. The topological polar surface area (TPSA) is 118 Å². The van der Waals surface area contributed by atoms with Gasteiger partial charge in [0.15, 0.2) is 0 Å². The van der Waals surface area contributed by atoms with Crippen LogP contribution >= 0.6 is 11.6 Å². The lowest BCUT2D eigenvalue weighted by Gasteiger charge is -2.12. The molecule has 0 radical (unpaired) electrons. The predicted octanol–water partition coefficient (Wildman–Crippen LogP) is 3.03. The van der Waals surface area contributed by atoms with Crippen molar-refractivity contribution < 1.29 is 9.53 Å². The number of carbonyl (C=O) groups is 1. The van der Waals surface area contributed by atoms with Crippen molar-refractivity contribution in [3.8, 4) is 17.3 Å². The SMILES string of the molecule is COCCn1cc(Nc2ncc(Cl)c(-c3ccccc3C(=O)NC(C)C#N)n2)cn1. The Hall–Kier alpha value is -3.48. The van der Waals surface area contributed by atoms with Crippen molar-refractivity contribution >= 4 is 29.1 Å². The number of ether oxygens (including phenoxy) is 1. The van der Waals surface area contributed by atoms with Crippen LogP contribution in [-0.2, 0) is 11.3 Å². The van der Waals surface area contributed by atoms with Gasteiger partial charge in [0.2, 0.25) is 5.95 Å². The van der Waals surface area contributed by atoms with E-state index in [1.807, 2.05) is 6.07 Å². The molecule has 0 saturated carbocycles. The third kappa shape index (κ3) is 5.11. The van der Waals surface area contributed by atoms with Crippen LogP contribution in [0.15, 0.2) is 42.9 Å². The first-order valence-electron chi connectivity index (χ1n) is 9.12. The molecule has 0 bridgehead atoms. The Morgan fingerprint density at radius 2 is 2.17 bits per heavy atom. The molecule has 3 rings (SSSR count). The van der Waals surface area contributed by atoms with Crippen molar-refractivity contribution in [2.45, 2.75) is 19.5 Å². The molecular formula is C20H20ClN7O2. The molecule has 154 valence electrons. The molecule has 1 amide bonds. The molecule has 30 heavy (non-hydrogen) atoms. The van der Waals surface area contributed by atoms with Crippen LogP contribution in [0.3, 0.4) is 0 Å². The van der Waals surface area contributed by atoms with Gasteiger partial charge in [-0.1, -0.05) is 29.8 Å². The smallest absolute Gasteiger partial charge is 0.252 e. The van der Waals surface area contributed by atoms with Crippen molar-refractivity contribution in [2.24, 2.45) is 0 Å². The summed E-state index contributed by atoms with van der Waals surface area (Å²) in [4.78, 5) is 21.3. The Morgan fingerprint density at radius 3 is 2.93 bits per heavy atom. The Bertz CT molecular complexity index is 1080. The predicted molar refractivity (Wildman–Crippen MR) is 112 cm³/mol. The van der Waals surface area contributed by atoms with Crippen molar-refractivity contribution in [3.05, 3.63) is 53.4 Å². The lowest BCUT2D eigenvalue weighted by molar-refractivity contribution is 0.0948. The number of nitrogens with one attached hydrogen (secondary N) is 2. The molecule has 1 unspecified atom stereocenters. The van der Waals surface area contributed by atoms with Crippen LogP contribution in [0.2, 0.25) is 5.02 Å². The van der Waals surface area contributed by atoms with Crippen LogP contribution in [0, 0.1) is 11.3 Å². The number of amides is 1. The molecule has 2 heterocycles. The third-order valence-corrected chi connectivity index (χ3v) is 4.40. The van der Waals surface area contributed by atoms with Crippen molar-refractivity contribution in [1.29, 1.82) is 5.26 Å². The van der Waals surface area contributed by atoms with Gasteiger partial charge in [-0.25, -0.2) is 9.97 Å². The molecule has 3 aromatic rings. The highest BCUT2D eigenvalue weighted by Crippen LogP contribution is 2.29. The van der Waals surface area contributed by atoms with Gasteiger partial charge in [0.05, 0.1) is 48.0 Å². The minimum Gasteiger partial charge on any atom is -0.383 e. The van der Waals surface area contributed by atoms with Crippen LogP contribution in [0.4, 0.5) is 11.6 Å². The van der Waals surface area contributed by atoms with E-state index in [4.69, 9.17) is 21.6 Å². The molecule has 9 nitrogen and oxygen atoms in total. The van der Waals surface area contributed by atoms with Crippen LogP contribution in [0.1, 0.15) is 17.3 Å². The fourth-order valence-electron chi connectivity index (χ4n) is 2.67. The van der Waals surface area contributed by atoms with E-state index in [1.165, 1.54) is 6.20 Å². The number of nitrogens with zero attached hydrogens (tertiary/aromatic N) is 5. The highest BCUT2D eigenvalue weighted by molar-refractivity contribution is 6.33. The summed E-state index contributed by atoms with van der Waals surface area (Å²) in [6.07, 6.45) is 4.92. The monoisotopic (exact) mass is 425 g/mol. The number of rotatable bonds is 8. The van der Waals surface area contributed by atoms with E-state index in [-0.39, 0.29) is 5.91 Å². The summed E-state index contributed by atoms with van der Waals surface area (Å²) < 4.78 is 6.78. The zero-order valence-electron chi connectivity index (χ0n) is 16.5. The molecule has 10 heteroatoms. The highest BCUT2D eigenvalue weighted by Gasteiger charge is 2.18. The average molecular weight is 426 g/mol. The summed E-state index contributed by atoms with van der Waals surface area (Å²) >= 11 is 6.34. The molecule has 2 aromatic heterocycles. The van der Waals surface area contributed by atoms with Gasteiger partial charge in [-0.15, -0.1) is 0 Å². The van der Waals surface area contributed by atoms with E-state index in [9.17, 15) is 4.79 Å². The summed E-state index contributed by atoms with van der Waals surface area (Å²) in [6.45, 7) is 2.77. The molecule has 0 aliphatic rings. The van der Waals surface area contributed by atoms with Crippen molar-refractivity contribution in [1.82, 2.24) is 25.1 Å². The van der Waals surface area contributed by atoms with Gasteiger partial charge >= 0.3 is 0 Å². The number of benzene rings is 1. The van der Waals surface area contributed by atoms with Crippen LogP contribution < -0.4 is 10.6 Å². The van der Waals surface area contributed by atoms with Gasteiger partial charge in [0.1, 0.15) is 6.04 Å². The highest BCUT2D eigenvalue weighted by atomic mass is 35.5. The van der Waals surface area contributed by atoms with E-state index in [0.29, 0.717) is 46.6 Å². The van der Waals surface area contributed by atoms with Gasteiger partial charge in [-0.3, -0.25) is 9.48 Å². The van der Waals surface area contributed by atoms with Crippen molar-refractivity contribution in [2.75, 3.05) is 19.0 Å². The quantitative estimate of drug-likeness (QED) is 0.569. The number of nitriles is 1. The standard InChI is InChI=1S/C20H20ClN7O2/c1-13(9-22)25-19(29)16-6-4-3-5-15(16)18-17(21)11-23-20(27-18)26-14-10-24-28(12-14)7-8-30-2/h3-6,10-13H,7-8H2,1-2H3,(H,25,29)(H,23,26,27). The molecule has 2 N–H and O–H groups in total. The molecule has 0 aliphatic heterocycles. The fourth-order valence-corrected chi connectivity index (χ4v) is 2.87. The number of hydrogen-bond donors (Lipinski definition) is 2. The number of anilines is 2. The molecule has 0 saturated heterocycles. The number of methoxy groups -OCH3 is 1. The Morgan fingerprint density at radius 1 is 1.37 bits per heavy atom. The maximum Gasteiger partial charge on any atom is 0.252 e. The van der Waals surface area contributed by atoms with Crippen LogP contribution in [-0.4, -0.2) is 45.4 Å². The maximum absolute atomic E-state index is 12.6. The minimum absolute atomic E-state index is 0.296. The Balaban J connectivity index is 1.88. The lowest BCUT2D eigenvalue weighted by Crippen LogP contribution is -2.31. The fraction of sp³-hybridized carbons (Fsp3) is 0.250. The second-order valence-electron chi connectivity index (χ2n) is 6.37. The zero-order valence-corrected chi connectivity index (χ0v) is 17.2. The van der Waals surface area contributed by atoms with E-state index in [0.717, 1.165) is 0 Å². The van der Waals surface area contributed by atoms with E-state index in [1.54, 1.807) is 55.4 Å². The van der Waals surface area contributed by atoms with E-state index >= 15 is 0 Å². The molecule has 0 spiro atoms. The normalized spacial score (nSPS) is 11.5. The molecule has 1 aromatic carbocycles. The van der Waals surface area contributed by atoms with Crippen LogP contribution in [0.5, 0.6) is 0 Å². The zero-order chi connectivity index (χ0) is 21.5. The second kappa shape index (κ2) is 9.82. The third-order valence-electron chi connectivity index (χ3n) is 4.13. The molecule has 1 atom stereocenters. The Kier molecular flexibility index (Phi) is 6.95. The average Bonchev–Trinajstić information content (AvgIpc) is 3.20. The summed E-state index contributed by atoms with van der Waals surface area (Å²) in [7, 11) is 1.63. The summed E-state index contributed by atoms with van der Waals surface area (Å²) in [5.41, 5.74) is 1.99. The summed E-state index contributed by atoms with van der Waals surface area (Å²) in [5, 5.41) is 19.2. The van der Waals surface area contributed by atoms with E-state index in [2.05, 4.69) is 25.7 Å². The lowest BCUT2D eigenvalue weighted by atomic mass is 10.0. The van der Waals surface area contributed by atoms with Gasteiger partial charge < -0.3 is 15.4 Å². The molecular weight excluding hydrogens is 406 g/mol. The number of halogens is 1. The summed E-state index contributed by atoms with van der Waals surface area (Å²) in [6, 6.07) is 8.26. The van der Waals surface area contributed by atoms with Gasteiger partial charge in [0, 0.05) is 24.4 Å². The molecule has 0 fully saturated rings. The van der Waals surface area contributed by atoms with Gasteiger partial charge in [-0.2, -0.15) is 10.4 Å². The van der Waals surface area contributed by atoms with Crippen molar-refractivity contribution in [3.63, 3.8) is 0 Å². The van der Waals surface area contributed by atoms with Crippen LogP contribution in [0.25, 0.3) is 11.3 Å². The largest absolute Gasteiger partial charge is 0.383 e. The number of hydrogen-bond acceptors (Lipinski definition) is 7. The van der Waals surface area contributed by atoms with Gasteiger partial charge in [0.25, 0.3) is 5.91 Å². The number of carbonyl (C=O) groups excluding carboxylic acids is 1. The first-order chi connectivity index (χ1) is 14.5. The number of aromatic nitrogens is 4. The van der Waals surface area contributed by atoms with Gasteiger partial charge in [-0.05, 0) is 13.0 Å². The maximum atomic E-state index is 12.6. The minimum atomic E-state index is -0.627.